The van der Waals surface area contributed by atoms with Crippen LogP contribution in [-0.2, 0) is 29.6 Å². The second kappa shape index (κ2) is 10.4. The van der Waals surface area contributed by atoms with Gasteiger partial charge in [-0.25, -0.2) is 0 Å². The van der Waals surface area contributed by atoms with E-state index in [4.69, 9.17) is 0 Å². The number of hydrogen-bond acceptors (Lipinski definition) is 4. The average molecular weight is 492 g/mol. The van der Waals surface area contributed by atoms with Crippen LogP contribution in [0.5, 0.6) is 0 Å². The maximum absolute atomic E-state index is 13.7. The van der Waals surface area contributed by atoms with Gasteiger partial charge in [0.2, 0.25) is 11.8 Å². The Morgan fingerprint density at radius 1 is 0.944 bits per heavy atom. The molecule has 192 valence electrons. The third kappa shape index (κ3) is 4.90. The molecule has 8 heteroatoms. The highest BCUT2D eigenvalue weighted by atomic mass is 16.2. The van der Waals surface area contributed by atoms with Gasteiger partial charge < -0.3 is 15.1 Å². The molecular formula is C28H37N5O3. The predicted octanol–water partition coefficient (Wildman–Crippen LogP) is 3.68. The van der Waals surface area contributed by atoms with Crippen LogP contribution in [0.3, 0.4) is 0 Å². The normalized spacial score (nSPS) is 20.7. The van der Waals surface area contributed by atoms with Crippen molar-refractivity contribution in [3.63, 3.8) is 0 Å². The van der Waals surface area contributed by atoms with Crippen LogP contribution in [0, 0.1) is 18.8 Å². The van der Waals surface area contributed by atoms with Crippen molar-refractivity contribution in [3.05, 3.63) is 46.8 Å². The maximum atomic E-state index is 13.7. The SMILES string of the molecule is Cc1ccccc1NC(=O)[C@H]1CCCN(C(=O)c2nn(C)c3c2CN(C(=O)C2CCCCC2)CC3)C1. The Morgan fingerprint density at radius 3 is 2.47 bits per heavy atom. The minimum absolute atomic E-state index is 0.0471. The number of para-hydroxylation sites is 1. The number of amides is 3. The molecule has 0 spiro atoms. The van der Waals surface area contributed by atoms with E-state index in [-0.39, 0.29) is 29.6 Å². The number of likely N-dealkylation sites (tertiary alicyclic amines) is 1. The molecule has 1 saturated heterocycles. The van der Waals surface area contributed by atoms with E-state index >= 15 is 0 Å². The number of aromatic nitrogens is 2. The van der Waals surface area contributed by atoms with Gasteiger partial charge in [-0.3, -0.25) is 19.1 Å². The lowest BCUT2D eigenvalue weighted by Gasteiger charge is -2.33. The first kappa shape index (κ1) is 24.5. The van der Waals surface area contributed by atoms with E-state index in [1.807, 2.05) is 43.1 Å². The van der Waals surface area contributed by atoms with Crippen molar-refractivity contribution in [2.75, 3.05) is 25.0 Å². The first-order chi connectivity index (χ1) is 17.4. The van der Waals surface area contributed by atoms with Crippen LogP contribution in [0.4, 0.5) is 5.69 Å². The summed E-state index contributed by atoms with van der Waals surface area (Å²) in [5.41, 5.74) is 4.18. The Kier molecular flexibility index (Phi) is 7.12. The molecule has 8 nitrogen and oxygen atoms in total. The Hall–Kier alpha value is -3.16. The number of piperidine rings is 1. The quantitative estimate of drug-likeness (QED) is 0.707. The molecule has 1 atom stereocenters. The third-order valence-corrected chi connectivity index (χ3v) is 8.19. The van der Waals surface area contributed by atoms with Crippen molar-refractivity contribution in [1.29, 1.82) is 0 Å². The Morgan fingerprint density at radius 2 is 1.69 bits per heavy atom. The zero-order valence-electron chi connectivity index (χ0n) is 21.5. The zero-order chi connectivity index (χ0) is 25.2. The fourth-order valence-corrected chi connectivity index (χ4v) is 6.03. The molecular weight excluding hydrogens is 454 g/mol. The summed E-state index contributed by atoms with van der Waals surface area (Å²) >= 11 is 0. The minimum atomic E-state index is -0.258. The topological polar surface area (TPSA) is 87.5 Å². The molecule has 1 saturated carbocycles. The highest BCUT2D eigenvalue weighted by molar-refractivity contribution is 5.96. The molecule has 3 amide bonds. The Balaban J connectivity index is 1.29. The van der Waals surface area contributed by atoms with Gasteiger partial charge in [0.05, 0.1) is 5.92 Å². The maximum Gasteiger partial charge on any atom is 0.274 e. The molecule has 1 aromatic heterocycles. The number of hydrogen-bond donors (Lipinski definition) is 1. The lowest BCUT2D eigenvalue weighted by atomic mass is 9.87. The van der Waals surface area contributed by atoms with Crippen molar-refractivity contribution in [2.24, 2.45) is 18.9 Å². The van der Waals surface area contributed by atoms with E-state index in [9.17, 15) is 14.4 Å². The monoisotopic (exact) mass is 491 g/mol. The van der Waals surface area contributed by atoms with Gasteiger partial charge >= 0.3 is 0 Å². The first-order valence-corrected chi connectivity index (χ1v) is 13.4. The van der Waals surface area contributed by atoms with E-state index in [0.717, 1.165) is 61.0 Å². The molecule has 0 radical (unpaired) electrons. The average Bonchev–Trinajstić information content (AvgIpc) is 3.25. The van der Waals surface area contributed by atoms with Gasteiger partial charge in [-0.1, -0.05) is 37.5 Å². The van der Waals surface area contributed by atoms with Gasteiger partial charge in [0.25, 0.3) is 5.91 Å². The molecule has 1 aliphatic carbocycles. The molecule has 2 aromatic rings. The number of rotatable bonds is 4. The number of carbonyl (C=O) groups is 3. The molecule has 1 aromatic carbocycles. The van der Waals surface area contributed by atoms with Crippen molar-refractivity contribution < 1.29 is 14.4 Å². The second-order valence-corrected chi connectivity index (χ2v) is 10.6. The summed E-state index contributed by atoms with van der Waals surface area (Å²) in [6.45, 7) is 4.10. The zero-order valence-corrected chi connectivity index (χ0v) is 21.5. The van der Waals surface area contributed by atoms with Gasteiger partial charge in [0.15, 0.2) is 5.69 Å². The van der Waals surface area contributed by atoms with Crippen LogP contribution in [0.25, 0.3) is 0 Å². The third-order valence-electron chi connectivity index (χ3n) is 8.19. The summed E-state index contributed by atoms with van der Waals surface area (Å²) in [7, 11) is 1.88. The minimum Gasteiger partial charge on any atom is -0.338 e. The van der Waals surface area contributed by atoms with Crippen LogP contribution in [-0.4, -0.2) is 56.9 Å². The van der Waals surface area contributed by atoms with Crippen molar-refractivity contribution >= 4 is 23.4 Å². The smallest absolute Gasteiger partial charge is 0.274 e. The Bertz CT molecular complexity index is 1150. The lowest BCUT2D eigenvalue weighted by molar-refractivity contribution is -0.137. The van der Waals surface area contributed by atoms with Crippen molar-refractivity contribution in [3.8, 4) is 0 Å². The molecule has 2 aliphatic heterocycles. The number of carbonyl (C=O) groups excluding carboxylic acids is 3. The predicted molar refractivity (Wildman–Crippen MR) is 137 cm³/mol. The van der Waals surface area contributed by atoms with Crippen molar-refractivity contribution in [2.45, 2.75) is 64.8 Å². The number of anilines is 1. The standard InChI is InChI=1S/C28H37N5O3/c1-19-9-6-7-13-23(19)29-26(34)21-12-8-15-32(17-21)28(36)25-22-18-33(16-14-24(22)31(2)30-25)27(35)20-10-4-3-5-11-20/h6-7,9,13,20-21H,3-5,8,10-12,14-18H2,1-2H3,(H,29,34)/t21-/m0/s1. The fraction of sp³-hybridized carbons (Fsp3) is 0.571. The van der Waals surface area contributed by atoms with E-state index in [2.05, 4.69) is 10.4 Å². The molecule has 3 heterocycles. The lowest BCUT2D eigenvalue weighted by Crippen LogP contribution is -2.45. The molecule has 0 bridgehead atoms. The molecule has 3 aliphatic rings. The first-order valence-electron chi connectivity index (χ1n) is 13.4. The van der Waals surface area contributed by atoms with E-state index in [1.54, 1.807) is 9.58 Å². The molecule has 5 rings (SSSR count). The molecule has 1 N–H and O–H groups in total. The second-order valence-electron chi connectivity index (χ2n) is 10.6. The summed E-state index contributed by atoms with van der Waals surface area (Å²) in [5, 5.41) is 7.65. The van der Waals surface area contributed by atoms with Crippen LogP contribution < -0.4 is 5.32 Å². The number of fused-ring (bicyclic) bond motifs is 1. The van der Waals surface area contributed by atoms with E-state index in [0.29, 0.717) is 38.3 Å². The van der Waals surface area contributed by atoms with Crippen molar-refractivity contribution in [1.82, 2.24) is 19.6 Å². The summed E-state index contributed by atoms with van der Waals surface area (Å²) in [5.74, 6) is -0.0909. The fourth-order valence-electron chi connectivity index (χ4n) is 6.03. The number of nitrogens with zero attached hydrogens (tertiary/aromatic N) is 4. The van der Waals surface area contributed by atoms with Gasteiger partial charge in [-0.15, -0.1) is 0 Å². The number of benzene rings is 1. The Labute approximate surface area is 213 Å². The highest BCUT2D eigenvalue weighted by Crippen LogP contribution is 2.30. The summed E-state index contributed by atoms with van der Waals surface area (Å²) in [6, 6.07) is 7.73. The summed E-state index contributed by atoms with van der Waals surface area (Å²) in [6.07, 6.45) is 7.66. The van der Waals surface area contributed by atoms with Gasteiger partial charge in [-0.05, 0) is 44.2 Å². The van der Waals surface area contributed by atoms with Crippen LogP contribution in [0.2, 0.25) is 0 Å². The van der Waals surface area contributed by atoms with Gasteiger partial charge in [0, 0.05) is 62.5 Å². The molecule has 2 fully saturated rings. The molecule has 36 heavy (non-hydrogen) atoms. The van der Waals surface area contributed by atoms with Gasteiger partial charge in [-0.2, -0.15) is 5.10 Å². The van der Waals surface area contributed by atoms with Gasteiger partial charge in [0.1, 0.15) is 0 Å². The number of nitrogens with one attached hydrogen (secondary N) is 1. The summed E-state index contributed by atoms with van der Waals surface area (Å²) in [4.78, 5) is 43.6. The van der Waals surface area contributed by atoms with Crippen LogP contribution >= 0.6 is 0 Å². The van der Waals surface area contributed by atoms with E-state index < -0.39 is 0 Å². The number of aryl methyl sites for hydroxylation is 2. The largest absolute Gasteiger partial charge is 0.338 e. The van der Waals surface area contributed by atoms with Crippen LogP contribution in [0.15, 0.2) is 24.3 Å². The highest BCUT2D eigenvalue weighted by Gasteiger charge is 2.36. The van der Waals surface area contributed by atoms with Crippen LogP contribution in [0.1, 0.15) is 72.3 Å². The van der Waals surface area contributed by atoms with E-state index in [1.165, 1.54) is 6.42 Å². The summed E-state index contributed by atoms with van der Waals surface area (Å²) < 4.78 is 1.80. The molecule has 0 unspecified atom stereocenters.